The molecule has 0 aliphatic carbocycles. The predicted molar refractivity (Wildman–Crippen MR) is 98.7 cm³/mol. The second-order valence-electron chi connectivity index (χ2n) is 6.31. The highest BCUT2D eigenvalue weighted by Gasteiger charge is 2.30. The standard InChI is InChI=1S/C20H20FN3O3/c1-2-22-19(26)13-5-3-4-12(8-13)11-23-20(27)16-10-18(25)24-17-9-14(21)6-7-15(16)17/h3-9,16H,2,10-11H2,1H3,(H,22,26)(H,23,27)(H,24,25). The van der Waals surface area contributed by atoms with Crippen molar-refractivity contribution in [2.75, 3.05) is 11.9 Å². The second kappa shape index (κ2) is 7.99. The minimum absolute atomic E-state index is 0.00338. The van der Waals surface area contributed by atoms with E-state index in [1.54, 1.807) is 24.3 Å². The molecule has 0 spiro atoms. The minimum atomic E-state index is -0.680. The lowest BCUT2D eigenvalue weighted by molar-refractivity contribution is -0.126. The quantitative estimate of drug-likeness (QED) is 0.756. The highest BCUT2D eigenvalue weighted by atomic mass is 19.1. The number of rotatable bonds is 5. The Labute approximate surface area is 156 Å². The van der Waals surface area contributed by atoms with Gasteiger partial charge >= 0.3 is 0 Å². The first-order valence-electron chi connectivity index (χ1n) is 8.72. The molecule has 0 radical (unpaired) electrons. The van der Waals surface area contributed by atoms with Crippen LogP contribution in [-0.4, -0.2) is 24.3 Å². The first kappa shape index (κ1) is 18.6. The third-order valence-corrected chi connectivity index (χ3v) is 4.36. The lowest BCUT2D eigenvalue weighted by atomic mass is 9.89. The Morgan fingerprint density at radius 1 is 1.19 bits per heavy atom. The minimum Gasteiger partial charge on any atom is -0.352 e. The van der Waals surface area contributed by atoms with Crippen LogP contribution in [-0.2, 0) is 16.1 Å². The number of carbonyl (C=O) groups is 3. The van der Waals surface area contributed by atoms with Gasteiger partial charge in [-0.2, -0.15) is 0 Å². The fourth-order valence-corrected chi connectivity index (χ4v) is 3.07. The predicted octanol–water partition coefficient (Wildman–Crippen LogP) is 2.32. The van der Waals surface area contributed by atoms with E-state index in [0.717, 1.165) is 5.56 Å². The molecule has 3 rings (SSSR count). The van der Waals surface area contributed by atoms with Gasteiger partial charge in [0, 0.05) is 30.8 Å². The molecular formula is C20H20FN3O3. The molecule has 1 heterocycles. The van der Waals surface area contributed by atoms with Crippen molar-refractivity contribution in [2.45, 2.75) is 25.8 Å². The van der Waals surface area contributed by atoms with Crippen molar-refractivity contribution in [2.24, 2.45) is 0 Å². The number of halogens is 1. The van der Waals surface area contributed by atoms with Gasteiger partial charge < -0.3 is 16.0 Å². The van der Waals surface area contributed by atoms with E-state index in [1.165, 1.54) is 18.2 Å². The largest absolute Gasteiger partial charge is 0.352 e. The number of fused-ring (bicyclic) bond motifs is 1. The Balaban J connectivity index is 1.71. The lowest BCUT2D eigenvalue weighted by Crippen LogP contribution is -2.34. The summed E-state index contributed by atoms with van der Waals surface area (Å²) in [4.78, 5) is 36.4. The van der Waals surface area contributed by atoms with Crippen molar-refractivity contribution in [3.63, 3.8) is 0 Å². The van der Waals surface area contributed by atoms with Gasteiger partial charge in [0.1, 0.15) is 5.82 Å². The number of nitrogens with one attached hydrogen (secondary N) is 3. The summed E-state index contributed by atoms with van der Waals surface area (Å²) in [6.07, 6.45) is 0.00338. The molecule has 3 N–H and O–H groups in total. The monoisotopic (exact) mass is 369 g/mol. The van der Waals surface area contributed by atoms with Gasteiger partial charge in [0.05, 0.1) is 5.92 Å². The summed E-state index contributed by atoms with van der Waals surface area (Å²) in [5.74, 6) is -1.98. The van der Waals surface area contributed by atoms with Crippen LogP contribution in [0.5, 0.6) is 0 Å². The summed E-state index contributed by atoms with van der Waals surface area (Å²) in [5, 5.41) is 8.11. The van der Waals surface area contributed by atoms with E-state index in [0.29, 0.717) is 23.4 Å². The van der Waals surface area contributed by atoms with Crippen molar-refractivity contribution in [3.05, 3.63) is 65.0 Å². The van der Waals surface area contributed by atoms with Crippen LogP contribution in [0.15, 0.2) is 42.5 Å². The van der Waals surface area contributed by atoms with Crippen LogP contribution < -0.4 is 16.0 Å². The SMILES string of the molecule is CCNC(=O)c1cccc(CNC(=O)C2CC(=O)Nc3cc(F)ccc32)c1. The number of anilines is 1. The van der Waals surface area contributed by atoms with Crippen LogP contribution in [0.1, 0.15) is 40.7 Å². The maximum Gasteiger partial charge on any atom is 0.251 e. The molecule has 2 aromatic carbocycles. The zero-order valence-corrected chi connectivity index (χ0v) is 14.8. The van der Waals surface area contributed by atoms with Gasteiger partial charge in [-0.05, 0) is 42.3 Å². The fraction of sp³-hybridized carbons (Fsp3) is 0.250. The smallest absolute Gasteiger partial charge is 0.251 e. The average Bonchev–Trinajstić information content (AvgIpc) is 2.65. The van der Waals surface area contributed by atoms with E-state index in [4.69, 9.17) is 0 Å². The average molecular weight is 369 g/mol. The first-order chi connectivity index (χ1) is 13.0. The van der Waals surface area contributed by atoms with Crippen LogP contribution in [0.2, 0.25) is 0 Å². The number of carbonyl (C=O) groups excluding carboxylic acids is 3. The Morgan fingerprint density at radius 3 is 2.78 bits per heavy atom. The molecule has 140 valence electrons. The summed E-state index contributed by atoms with van der Waals surface area (Å²) in [7, 11) is 0. The van der Waals surface area contributed by atoms with E-state index in [9.17, 15) is 18.8 Å². The molecular weight excluding hydrogens is 349 g/mol. The summed E-state index contributed by atoms with van der Waals surface area (Å²) in [5.41, 5.74) is 2.20. The normalized spacial score (nSPS) is 15.5. The number of hydrogen-bond donors (Lipinski definition) is 3. The molecule has 1 atom stereocenters. The zero-order chi connectivity index (χ0) is 19.4. The van der Waals surface area contributed by atoms with Crippen LogP contribution in [0.3, 0.4) is 0 Å². The maximum absolute atomic E-state index is 13.4. The molecule has 2 aromatic rings. The molecule has 27 heavy (non-hydrogen) atoms. The van der Waals surface area contributed by atoms with Gasteiger partial charge in [-0.25, -0.2) is 4.39 Å². The van der Waals surface area contributed by atoms with Gasteiger partial charge in [-0.3, -0.25) is 14.4 Å². The number of hydrogen-bond acceptors (Lipinski definition) is 3. The van der Waals surface area contributed by atoms with Crippen molar-refractivity contribution < 1.29 is 18.8 Å². The molecule has 1 aliphatic rings. The molecule has 3 amide bonds. The van der Waals surface area contributed by atoms with Crippen LogP contribution in [0, 0.1) is 5.82 Å². The second-order valence-corrected chi connectivity index (χ2v) is 6.31. The molecule has 6 nitrogen and oxygen atoms in total. The summed E-state index contributed by atoms with van der Waals surface area (Å²) >= 11 is 0. The third-order valence-electron chi connectivity index (χ3n) is 4.36. The topological polar surface area (TPSA) is 87.3 Å². The summed E-state index contributed by atoms with van der Waals surface area (Å²) < 4.78 is 13.4. The first-order valence-corrected chi connectivity index (χ1v) is 8.72. The van der Waals surface area contributed by atoms with Gasteiger partial charge in [-0.15, -0.1) is 0 Å². The maximum atomic E-state index is 13.4. The molecule has 1 unspecified atom stereocenters. The van der Waals surface area contributed by atoms with Crippen molar-refractivity contribution in [1.29, 1.82) is 0 Å². The van der Waals surface area contributed by atoms with Crippen LogP contribution in [0.4, 0.5) is 10.1 Å². The molecule has 0 bridgehead atoms. The van der Waals surface area contributed by atoms with Crippen molar-refractivity contribution >= 4 is 23.4 Å². The van der Waals surface area contributed by atoms with Crippen LogP contribution >= 0.6 is 0 Å². The molecule has 0 saturated heterocycles. The fourth-order valence-electron chi connectivity index (χ4n) is 3.07. The van der Waals surface area contributed by atoms with Gasteiger partial charge in [0.2, 0.25) is 11.8 Å². The zero-order valence-electron chi connectivity index (χ0n) is 14.8. The highest BCUT2D eigenvalue weighted by Crippen LogP contribution is 2.32. The molecule has 0 saturated carbocycles. The third kappa shape index (κ3) is 4.31. The van der Waals surface area contributed by atoms with E-state index in [2.05, 4.69) is 16.0 Å². The van der Waals surface area contributed by atoms with Gasteiger partial charge in [-0.1, -0.05) is 18.2 Å². The van der Waals surface area contributed by atoms with Crippen LogP contribution in [0.25, 0.3) is 0 Å². The Bertz CT molecular complexity index is 898. The van der Waals surface area contributed by atoms with E-state index >= 15 is 0 Å². The Hall–Kier alpha value is -3.22. The number of benzene rings is 2. The van der Waals surface area contributed by atoms with E-state index in [1.807, 2.05) is 6.92 Å². The van der Waals surface area contributed by atoms with Gasteiger partial charge in [0.25, 0.3) is 5.91 Å². The van der Waals surface area contributed by atoms with Gasteiger partial charge in [0.15, 0.2) is 0 Å². The molecule has 1 aliphatic heterocycles. The molecule has 7 heteroatoms. The molecule has 0 fully saturated rings. The molecule has 0 aromatic heterocycles. The number of amides is 3. The van der Waals surface area contributed by atoms with Crippen molar-refractivity contribution in [1.82, 2.24) is 10.6 Å². The lowest BCUT2D eigenvalue weighted by Gasteiger charge is -2.25. The highest BCUT2D eigenvalue weighted by molar-refractivity contribution is 6.01. The van der Waals surface area contributed by atoms with E-state index in [-0.39, 0.29) is 30.7 Å². The summed E-state index contributed by atoms with van der Waals surface area (Å²) in [6.45, 7) is 2.59. The van der Waals surface area contributed by atoms with Crippen molar-refractivity contribution in [3.8, 4) is 0 Å². The van der Waals surface area contributed by atoms with E-state index < -0.39 is 11.7 Å². The summed E-state index contributed by atoms with van der Waals surface area (Å²) in [6, 6.07) is 11.0. The Kier molecular flexibility index (Phi) is 5.49. The Morgan fingerprint density at radius 2 is 2.00 bits per heavy atom.